The molecule has 0 fully saturated rings. The predicted octanol–water partition coefficient (Wildman–Crippen LogP) is 3.13. The first-order chi connectivity index (χ1) is 6.75. The number of nitrogens with zero attached hydrogens (tertiary/aromatic N) is 1. The van der Waals surface area contributed by atoms with Crippen molar-refractivity contribution in [1.82, 2.24) is 4.98 Å². The summed E-state index contributed by atoms with van der Waals surface area (Å²) in [6.07, 6.45) is 0.0668. The zero-order valence-corrected chi connectivity index (χ0v) is 9.57. The van der Waals surface area contributed by atoms with E-state index in [4.69, 9.17) is 11.6 Å². The van der Waals surface area contributed by atoms with Crippen LogP contribution in [-0.2, 0) is 6.42 Å². The molecule has 2 aromatic rings. The van der Waals surface area contributed by atoms with E-state index in [9.17, 15) is 5.11 Å². The molecule has 0 amide bonds. The van der Waals surface area contributed by atoms with Gasteiger partial charge in [-0.05, 0) is 12.1 Å². The Morgan fingerprint density at radius 1 is 1.50 bits per heavy atom. The van der Waals surface area contributed by atoms with Crippen molar-refractivity contribution in [3.63, 3.8) is 0 Å². The normalized spacial score (nSPS) is 13.0. The second-order valence-corrected chi connectivity index (χ2v) is 5.36. The highest BCUT2D eigenvalue weighted by Crippen LogP contribution is 2.26. The van der Waals surface area contributed by atoms with E-state index in [0.29, 0.717) is 6.42 Å². The fraction of sp³-hybridized carbons (Fsp3) is 0.222. The Hall–Kier alpha value is -0.420. The van der Waals surface area contributed by atoms with Gasteiger partial charge in [-0.2, -0.15) is 0 Å². The number of aliphatic hydroxyl groups is 1. The topological polar surface area (TPSA) is 33.1 Å². The van der Waals surface area contributed by atoms with Crippen LogP contribution in [0.4, 0.5) is 0 Å². The summed E-state index contributed by atoms with van der Waals surface area (Å²) in [5, 5.41) is 11.6. The highest BCUT2D eigenvalue weighted by Gasteiger charge is 2.11. The summed E-state index contributed by atoms with van der Waals surface area (Å²) in [5.74, 6) is 0. The molecule has 74 valence electrons. The highest BCUT2D eigenvalue weighted by atomic mass is 35.5. The molecule has 0 aliphatic rings. The summed E-state index contributed by atoms with van der Waals surface area (Å²) in [6.45, 7) is 0. The number of hydrogen-bond acceptors (Lipinski definition) is 4. The van der Waals surface area contributed by atoms with Crippen LogP contribution >= 0.6 is 34.3 Å². The number of aliphatic hydroxyl groups excluding tert-OH is 1. The lowest BCUT2D eigenvalue weighted by molar-refractivity contribution is 0.175. The second kappa shape index (κ2) is 4.40. The number of thiophene rings is 1. The third-order valence-electron chi connectivity index (χ3n) is 1.82. The molecule has 0 bridgehead atoms. The van der Waals surface area contributed by atoms with Crippen LogP contribution in [0.15, 0.2) is 23.0 Å². The average Bonchev–Trinajstić information content (AvgIpc) is 2.75. The maximum atomic E-state index is 9.78. The van der Waals surface area contributed by atoms with E-state index < -0.39 is 6.10 Å². The molecular weight excluding hydrogens is 238 g/mol. The van der Waals surface area contributed by atoms with Crippen molar-refractivity contribution in [1.29, 1.82) is 0 Å². The molecular formula is C9H8ClNOS2. The summed E-state index contributed by atoms with van der Waals surface area (Å²) in [6, 6.07) is 3.78. The van der Waals surface area contributed by atoms with Crippen LogP contribution in [0.3, 0.4) is 0 Å². The van der Waals surface area contributed by atoms with Gasteiger partial charge in [-0.3, -0.25) is 0 Å². The Morgan fingerprint density at radius 2 is 2.36 bits per heavy atom. The van der Waals surface area contributed by atoms with Gasteiger partial charge in [-0.1, -0.05) is 11.6 Å². The molecule has 1 N–H and O–H groups in total. The van der Waals surface area contributed by atoms with Crippen LogP contribution in [-0.4, -0.2) is 10.1 Å². The van der Waals surface area contributed by atoms with Crippen LogP contribution in [0.5, 0.6) is 0 Å². The summed E-state index contributed by atoms with van der Waals surface area (Å²) in [7, 11) is 0. The van der Waals surface area contributed by atoms with Crippen LogP contribution in [0, 0.1) is 0 Å². The number of hydrogen-bond donors (Lipinski definition) is 1. The molecule has 2 heterocycles. The first kappa shape index (κ1) is 10.1. The molecule has 1 unspecified atom stereocenters. The molecule has 0 aliphatic heterocycles. The van der Waals surface area contributed by atoms with Crippen LogP contribution in [0.25, 0.3) is 0 Å². The van der Waals surface area contributed by atoms with Gasteiger partial charge in [0.15, 0.2) is 0 Å². The van der Waals surface area contributed by atoms with E-state index in [-0.39, 0.29) is 0 Å². The molecule has 5 heteroatoms. The van der Waals surface area contributed by atoms with Crippen LogP contribution < -0.4 is 0 Å². The van der Waals surface area contributed by atoms with Gasteiger partial charge in [0, 0.05) is 16.7 Å². The Bertz CT molecular complexity index is 399. The van der Waals surface area contributed by atoms with E-state index in [1.807, 2.05) is 17.5 Å². The van der Waals surface area contributed by atoms with Crippen LogP contribution in [0.1, 0.15) is 16.7 Å². The Balaban J connectivity index is 2.05. The van der Waals surface area contributed by atoms with Gasteiger partial charge in [0.1, 0.15) is 6.10 Å². The molecule has 0 radical (unpaired) electrons. The number of thiazole rings is 1. The Kier molecular flexibility index (Phi) is 3.18. The lowest BCUT2D eigenvalue weighted by Crippen LogP contribution is -2.00. The van der Waals surface area contributed by atoms with Crippen molar-refractivity contribution >= 4 is 34.3 Å². The minimum atomic E-state index is -0.518. The predicted molar refractivity (Wildman–Crippen MR) is 60.1 cm³/mol. The summed E-state index contributed by atoms with van der Waals surface area (Å²) >= 11 is 8.78. The van der Waals surface area contributed by atoms with Crippen molar-refractivity contribution in [2.24, 2.45) is 0 Å². The van der Waals surface area contributed by atoms with Crippen molar-refractivity contribution < 1.29 is 5.11 Å². The third-order valence-corrected chi connectivity index (χ3v) is 3.67. The summed E-state index contributed by atoms with van der Waals surface area (Å²) in [5.41, 5.74) is 2.46. The zero-order chi connectivity index (χ0) is 9.97. The maximum Gasteiger partial charge on any atom is 0.102 e. The molecule has 0 aliphatic carbocycles. The number of halogens is 1. The Morgan fingerprint density at radius 3 is 2.93 bits per heavy atom. The lowest BCUT2D eigenvalue weighted by atomic mass is 10.2. The first-order valence-electron chi connectivity index (χ1n) is 4.06. The van der Waals surface area contributed by atoms with Crippen molar-refractivity contribution in [3.8, 4) is 0 Å². The minimum absolute atomic E-state index is 0.518. The van der Waals surface area contributed by atoms with Gasteiger partial charge < -0.3 is 5.11 Å². The monoisotopic (exact) mass is 245 g/mol. The van der Waals surface area contributed by atoms with Gasteiger partial charge in [0.2, 0.25) is 0 Å². The standard InChI is InChI=1S/C9H8ClNOS2/c10-9-2-1-6(14-9)3-8(12)7-4-13-5-11-7/h1-2,4-5,8,12H,3H2. The van der Waals surface area contributed by atoms with Crippen molar-refractivity contribution in [3.05, 3.63) is 37.9 Å². The SMILES string of the molecule is OC(Cc1ccc(Cl)s1)c1cscn1. The fourth-order valence-electron chi connectivity index (χ4n) is 1.14. The van der Waals surface area contributed by atoms with E-state index in [2.05, 4.69) is 4.98 Å². The van der Waals surface area contributed by atoms with Crippen molar-refractivity contribution in [2.45, 2.75) is 12.5 Å². The molecule has 0 saturated heterocycles. The molecule has 1 atom stereocenters. The fourth-order valence-corrected chi connectivity index (χ4v) is 2.87. The molecule has 0 saturated carbocycles. The van der Waals surface area contributed by atoms with Gasteiger partial charge in [0.05, 0.1) is 15.5 Å². The minimum Gasteiger partial charge on any atom is -0.386 e. The lowest BCUT2D eigenvalue weighted by Gasteiger charge is -2.04. The van der Waals surface area contributed by atoms with E-state index in [0.717, 1.165) is 14.9 Å². The second-order valence-electron chi connectivity index (χ2n) is 2.84. The number of rotatable bonds is 3. The smallest absolute Gasteiger partial charge is 0.102 e. The zero-order valence-electron chi connectivity index (χ0n) is 7.18. The molecule has 0 spiro atoms. The van der Waals surface area contributed by atoms with Crippen LogP contribution in [0.2, 0.25) is 4.34 Å². The molecule has 2 rings (SSSR count). The molecule has 14 heavy (non-hydrogen) atoms. The van der Waals surface area contributed by atoms with Gasteiger partial charge >= 0.3 is 0 Å². The highest BCUT2D eigenvalue weighted by molar-refractivity contribution is 7.16. The Labute approximate surface area is 94.8 Å². The maximum absolute atomic E-state index is 9.78. The molecule has 2 nitrogen and oxygen atoms in total. The largest absolute Gasteiger partial charge is 0.386 e. The van der Waals surface area contributed by atoms with Crippen molar-refractivity contribution in [2.75, 3.05) is 0 Å². The average molecular weight is 246 g/mol. The summed E-state index contributed by atoms with van der Waals surface area (Å²) in [4.78, 5) is 5.14. The summed E-state index contributed by atoms with van der Waals surface area (Å²) < 4.78 is 0.755. The first-order valence-corrected chi connectivity index (χ1v) is 6.20. The molecule has 0 aromatic carbocycles. The molecule has 2 aromatic heterocycles. The van der Waals surface area contributed by atoms with Gasteiger partial charge in [0.25, 0.3) is 0 Å². The van der Waals surface area contributed by atoms with Gasteiger partial charge in [-0.25, -0.2) is 4.98 Å². The third kappa shape index (κ3) is 2.33. The number of aromatic nitrogens is 1. The van der Waals surface area contributed by atoms with E-state index in [1.165, 1.54) is 22.7 Å². The van der Waals surface area contributed by atoms with E-state index in [1.54, 1.807) is 5.51 Å². The van der Waals surface area contributed by atoms with E-state index >= 15 is 0 Å². The quantitative estimate of drug-likeness (QED) is 0.901. The van der Waals surface area contributed by atoms with Gasteiger partial charge in [-0.15, -0.1) is 22.7 Å².